The molecule has 25 heavy (non-hydrogen) atoms. The van der Waals surface area contributed by atoms with E-state index in [1.54, 1.807) is 6.33 Å². The van der Waals surface area contributed by atoms with Crippen LogP contribution in [-0.4, -0.2) is 35.9 Å². The number of aliphatic hydroxyl groups excluding tert-OH is 1. The summed E-state index contributed by atoms with van der Waals surface area (Å²) in [5, 5.41) is 22.6. The Morgan fingerprint density at radius 3 is 2.76 bits per heavy atom. The Hall–Kier alpha value is -2.54. The Morgan fingerprint density at radius 2 is 1.96 bits per heavy atom. The smallest absolute Gasteiger partial charge is 0.159 e. The van der Waals surface area contributed by atoms with E-state index in [0.717, 1.165) is 35.4 Å². The van der Waals surface area contributed by atoms with Crippen LogP contribution in [0.4, 0.5) is 5.82 Å². The molecule has 2 saturated carbocycles. The Bertz CT molecular complexity index is 908. The Kier molecular flexibility index (Phi) is 3.41. The molecule has 2 aromatic heterocycles. The van der Waals surface area contributed by atoms with Crippen molar-refractivity contribution >= 4 is 16.7 Å². The van der Waals surface area contributed by atoms with Gasteiger partial charge in [-0.2, -0.15) is 0 Å². The van der Waals surface area contributed by atoms with E-state index in [9.17, 15) is 5.11 Å². The molecule has 2 aliphatic carbocycles. The fourth-order valence-corrected chi connectivity index (χ4v) is 3.71. The minimum Gasteiger partial charge on any atom is -0.388 e. The van der Waals surface area contributed by atoms with Gasteiger partial charge in [-0.05, 0) is 37.8 Å². The lowest BCUT2D eigenvalue weighted by molar-refractivity contribution is 0.262. The monoisotopic (exact) mass is 336 g/mol. The second kappa shape index (κ2) is 5.77. The van der Waals surface area contributed by atoms with Crippen molar-refractivity contribution in [3.05, 3.63) is 42.2 Å². The van der Waals surface area contributed by atoms with Gasteiger partial charge in [-0.3, -0.25) is 0 Å². The van der Waals surface area contributed by atoms with Gasteiger partial charge in [0.2, 0.25) is 0 Å². The largest absolute Gasteiger partial charge is 0.388 e. The van der Waals surface area contributed by atoms with Gasteiger partial charge in [0, 0.05) is 23.4 Å². The predicted molar refractivity (Wildman–Crippen MR) is 93.1 cm³/mol. The zero-order chi connectivity index (χ0) is 16.8. The number of anilines is 1. The van der Waals surface area contributed by atoms with E-state index in [2.05, 4.69) is 30.0 Å². The third-order valence-corrected chi connectivity index (χ3v) is 5.23. The van der Waals surface area contributed by atoms with E-state index >= 15 is 0 Å². The van der Waals surface area contributed by atoms with Crippen LogP contribution in [0, 0.1) is 0 Å². The Labute approximate surface area is 145 Å². The lowest BCUT2D eigenvalue weighted by Gasteiger charge is -2.35. The number of para-hydroxylation sites is 1. The van der Waals surface area contributed by atoms with Crippen LogP contribution in [0.25, 0.3) is 10.9 Å². The number of rotatable bonds is 5. The molecule has 2 heterocycles. The van der Waals surface area contributed by atoms with Gasteiger partial charge in [0.05, 0.1) is 5.52 Å². The SMILES string of the molecule is OCc1nnc(C2CC(Nc3ncnc4ccccc34)C2)n1C1CC1. The number of nitrogens with one attached hydrogen (secondary N) is 1. The van der Waals surface area contributed by atoms with E-state index in [4.69, 9.17) is 0 Å². The molecule has 0 radical (unpaired) electrons. The molecule has 0 atom stereocenters. The van der Waals surface area contributed by atoms with Crippen LogP contribution >= 0.6 is 0 Å². The lowest BCUT2D eigenvalue weighted by Crippen LogP contribution is -2.35. The van der Waals surface area contributed by atoms with Crippen molar-refractivity contribution in [1.82, 2.24) is 24.7 Å². The first-order chi connectivity index (χ1) is 12.3. The van der Waals surface area contributed by atoms with Crippen LogP contribution in [0.1, 0.15) is 49.3 Å². The highest BCUT2D eigenvalue weighted by Gasteiger charge is 2.38. The van der Waals surface area contributed by atoms with Crippen LogP contribution in [0.5, 0.6) is 0 Å². The van der Waals surface area contributed by atoms with Gasteiger partial charge in [0.25, 0.3) is 0 Å². The summed E-state index contributed by atoms with van der Waals surface area (Å²) in [6.07, 6.45) is 5.96. The molecule has 7 heteroatoms. The number of hydrogen-bond donors (Lipinski definition) is 2. The highest BCUT2D eigenvalue weighted by atomic mass is 16.3. The third kappa shape index (κ3) is 2.55. The Morgan fingerprint density at radius 1 is 1.12 bits per heavy atom. The van der Waals surface area contributed by atoms with Gasteiger partial charge in [0.15, 0.2) is 5.82 Å². The van der Waals surface area contributed by atoms with Crippen LogP contribution in [-0.2, 0) is 6.61 Å². The molecule has 7 nitrogen and oxygen atoms in total. The highest BCUT2D eigenvalue weighted by molar-refractivity contribution is 5.88. The van der Waals surface area contributed by atoms with Crippen LogP contribution in [0.2, 0.25) is 0 Å². The van der Waals surface area contributed by atoms with Gasteiger partial charge in [-0.15, -0.1) is 10.2 Å². The molecule has 0 spiro atoms. The number of hydrogen-bond acceptors (Lipinski definition) is 6. The molecule has 3 aromatic rings. The summed E-state index contributed by atoms with van der Waals surface area (Å²) in [6.45, 7) is -0.0369. The first kappa shape index (κ1) is 14.8. The van der Waals surface area contributed by atoms with Crippen molar-refractivity contribution in [2.45, 2.75) is 50.3 Å². The lowest BCUT2D eigenvalue weighted by atomic mass is 9.79. The van der Waals surface area contributed by atoms with Crippen LogP contribution in [0.15, 0.2) is 30.6 Å². The normalized spacial score (nSPS) is 22.8. The molecule has 0 aliphatic heterocycles. The molecule has 2 aliphatic rings. The average molecular weight is 336 g/mol. The molecule has 5 rings (SSSR count). The maximum atomic E-state index is 9.48. The topological polar surface area (TPSA) is 88.8 Å². The number of fused-ring (bicyclic) bond motifs is 1. The van der Waals surface area contributed by atoms with Crippen LogP contribution in [0.3, 0.4) is 0 Å². The molecular formula is C18H20N6O. The van der Waals surface area contributed by atoms with Crippen molar-refractivity contribution < 1.29 is 5.11 Å². The fourth-order valence-electron chi connectivity index (χ4n) is 3.71. The minimum atomic E-state index is -0.0369. The number of benzene rings is 1. The molecule has 128 valence electrons. The van der Waals surface area contributed by atoms with Crippen molar-refractivity contribution in [1.29, 1.82) is 0 Å². The standard InChI is InChI=1S/C18H20N6O/c25-9-16-22-23-18(24(16)13-5-6-13)11-7-12(8-11)21-17-14-3-1-2-4-15(14)19-10-20-17/h1-4,10-13,25H,5-9H2,(H,19,20,21). The molecule has 2 fully saturated rings. The van der Waals surface area contributed by atoms with E-state index < -0.39 is 0 Å². The van der Waals surface area contributed by atoms with Gasteiger partial charge in [-0.25, -0.2) is 9.97 Å². The second-order valence-electron chi connectivity index (χ2n) is 6.98. The second-order valence-corrected chi connectivity index (χ2v) is 6.98. The summed E-state index contributed by atoms with van der Waals surface area (Å²) in [4.78, 5) is 8.72. The molecular weight excluding hydrogens is 316 g/mol. The maximum absolute atomic E-state index is 9.48. The quantitative estimate of drug-likeness (QED) is 0.744. The fraction of sp³-hybridized carbons (Fsp3) is 0.444. The number of aromatic nitrogens is 5. The third-order valence-electron chi connectivity index (χ3n) is 5.23. The van der Waals surface area contributed by atoms with Crippen molar-refractivity contribution in [3.63, 3.8) is 0 Å². The first-order valence-electron chi connectivity index (χ1n) is 8.84. The number of nitrogens with zero attached hydrogens (tertiary/aromatic N) is 5. The van der Waals surface area contributed by atoms with Gasteiger partial charge < -0.3 is 15.0 Å². The summed E-state index contributed by atoms with van der Waals surface area (Å²) in [5.41, 5.74) is 0.955. The Balaban J connectivity index is 1.32. The van der Waals surface area contributed by atoms with Gasteiger partial charge in [-0.1, -0.05) is 12.1 Å². The summed E-state index contributed by atoms with van der Waals surface area (Å²) >= 11 is 0. The first-order valence-corrected chi connectivity index (χ1v) is 8.84. The van der Waals surface area contributed by atoms with E-state index in [0.29, 0.717) is 23.8 Å². The molecule has 0 saturated heterocycles. The van der Waals surface area contributed by atoms with Gasteiger partial charge >= 0.3 is 0 Å². The zero-order valence-corrected chi connectivity index (χ0v) is 13.8. The van der Waals surface area contributed by atoms with E-state index in [-0.39, 0.29) is 6.61 Å². The molecule has 2 N–H and O–H groups in total. The van der Waals surface area contributed by atoms with E-state index in [1.807, 2.05) is 24.3 Å². The zero-order valence-electron chi connectivity index (χ0n) is 13.8. The average Bonchev–Trinajstić information content (AvgIpc) is 3.37. The van der Waals surface area contributed by atoms with Crippen molar-refractivity contribution in [3.8, 4) is 0 Å². The minimum absolute atomic E-state index is 0.0369. The maximum Gasteiger partial charge on any atom is 0.159 e. The van der Waals surface area contributed by atoms with Gasteiger partial charge in [0.1, 0.15) is 24.6 Å². The van der Waals surface area contributed by atoms with Crippen molar-refractivity contribution in [2.75, 3.05) is 5.32 Å². The summed E-state index contributed by atoms with van der Waals surface area (Å²) in [5.74, 6) is 3.04. The van der Waals surface area contributed by atoms with Crippen LogP contribution < -0.4 is 5.32 Å². The summed E-state index contributed by atoms with van der Waals surface area (Å²) in [7, 11) is 0. The predicted octanol–water partition coefficient (Wildman–Crippen LogP) is 2.41. The molecule has 0 unspecified atom stereocenters. The van der Waals surface area contributed by atoms with E-state index in [1.165, 1.54) is 12.8 Å². The summed E-state index contributed by atoms with van der Waals surface area (Å²) in [6, 6.07) is 8.91. The molecule has 0 bridgehead atoms. The van der Waals surface area contributed by atoms with Crippen molar-refractivity contribution in [2.24, 2.45) is 0 Å². The molecule has 1 aromatic carbocycles. The summed E-state index contributed by atoms with van der Waals surface area (Å²) < 4.78 is 2.17. The highest BCUT2D eigenvalue weighted by Crippen LogP contribution is 2.43. The molecule has 0 amide bonds. The number of aliphatic hydroxyl groups is 1.